The molecule has 0 spiro atoms. The maximum Gasteiger partial charge on any atom is 0.329 e. The fourth-order valence-electron chi connectivity index (χ4n) is 4.19. The Morgan fingerprint density at radius 2 is 1.40 bits per heavy atom. The van der Waals surface area contributed by atoms with E-state index in [0.717, 1.165) is 28.7 Å². The summed E-state index contributed by atoms with van der Waals surface area (Å²) >= 11 is 0. The molecule has 0 radical (unpaired) electrons. The molecule has 0 bridgehead atoms. The lowest BCUT2D eigenvalue weighted by atomic mass is 10.0. The zero-order chi connectivity index (χ0) is 31.2. The van der Waals surface area contributed by atoms with Crippen LogP contribution in [0.25, 0.3) is 11.1 Å². The number of nitrogens with one attached hydrogen (secondary N) is 2. The van der Waals surface area contributed by atoms with Crippen molar-refractivity contribution in [3.63, 3.8) is 0 Å². The van der Waals surface area contributed by atoms with E-state index >= 15 is 0 Å². The SMILES string of the molecule is CC(C)CCN(CCC(=O)NOC(C)(C)C)C(=O)N[C@@H](Cc1ccc(-c2ccccc2)cc1)C(=O)OCc1ccccc1. The fourth-order valence-corrected chi connectivity index (χ4v) is 4.19. The third kappa shape index (κ3) is 12.3. The van der Waals surface area contributed by atoms with E-state index in [-0.39, 0.29) is 31.9 Å². The largest absolute Gasteiger partial charge is 0.459 e. The van der Waals surface area contributed by atoms with Crippen LogP contribution in [0.1, 0.15) is 58.6 Å². The molecular formula is C35H45N3O5. The van der Waals surface area contributed by atoms with Crippen molar-refractivity contribution in [3.8, 4) is 11.1 Å². The highest BCUT2D eigenvalue weighted by atomic mass is 16.7. The third-order valence-electron chi connectivity index (χ3n) is 6.65. The van der Waals surface area contributed by atoms with Crippen LogP contribution in [0, 0.1) is 5.92 Å². The van der Waals surface area contributed by atoms with E-state index in [0.29, 0.717) is 12.5 Å². The number of hydroxylamine groups is 1. The molecule has 0 aliphatic carbocycles. The first kappa shape index (κ1) is 33.3. The molecule has 8 heteroatoms. The molecule has 0 heterocycles. The zero-order valence-electron chi connectivity index (χ0n) is 26.0. The average molecular weight is 588 g/mol. The Kier molecular flexibility index (Phi) is 12.8. The molecule has 3 amide bonds. The van der Waals surface area contributed by atoms with Crippen LogP contribution in [0.3, 0.4) is 0 Å². The van der Waals surface area contributed by atoms with Crippen LogP contribution in [0.5, 0.6) is 0 Å². The van der Waals surface area contributed by atoms with Gasteiger partial charge in [0.2, 0.25) is 5.91 Å². The molecule has 1 atom stereocenters. The summed E-state index contributed by atoms with van der Waals surface area (Å²) in [6, 6.07) is 26.0. The number of esters is 1. The lowest BCUT2D eigenvalue weighted by Crippen LogP contribution is -2.50. The summed E-state index contributed by atoms with van der Waals surface area (Å²) in [4.78, 5) is 46.2. The van der Waals surface area contributed by atoms with Crippen LogP contribution < -0.4 is 10.8 Å². The third-order valence-corrected chi connectivity index (χ3v) is 6.65. The molecule has 0 saturated carbocycles. The number of nitrogens with zero attached hydrogens (tertiary/aromatic N) is 1. The van der Waals surface area contributed by atoms with Gasteiger partial charge in [0, 0.05) is 25.9 Å². The van der Waals surface area contributed by atoms with Crippen molar-refractivity contribution in [1.82, 2.24) is 15.7 Å². The van der Waals surface area contributed by atoms with Gasteiger partial charge in [0.05, 0.1) is 5.60 Å². The quantitative estimate of drug-likeness (QED) is 0.170. The van der Waals surface area contributed by atoms with E-state index in [1.165, 1.54) is 0 Å². The standard InChI is InChI=1S/C35H45N3O5/c1-26(2)20-22-38(23-21-32(39)37-43-35(3,4)5)34(41)36-31(33(40)42-25-28-12-8-6-9-13-28)24-27-16-18-30(19-17-27)29-14-10-7-11-15-29/h6-19,26,31H,20-25H2,1-5H3,(H,36,41)(H,37,39)/t31-/m0/s1. The molecule has 3 aromatic carbocycles. The minimum atomic E-state index is -0.918. The van der Waals surface area contributed by atoms with Crippen molar-refractivity contribution in [2.24, 2.45) is 5.92 Å². The second kappa shape index (κ2) is 16.5. The highest BCUT2D eigenvalue weighted by molar-refractivity contribution is 5.84. The minimum Gasteiger partial charge on any atom is -0.459 e. The Morgan fingerprint density at radius 1 is 0.791 bits per heavy atom. The predicted molar refractivity (Wildman–Crippen MR) is 169 cm³/mol. The number of hydrogen-bond acceptors (Lipinski definition) is 5. The van der Waals surface area contributed by atoms with Crippen LogP contribution in [0.2, 0.25) is 0 Å². The Morgan fingerprint density at radius 3 is 2.00 bits per heavy atom. The highest BCUT2D eigenvalue weighted by Crippen LogP contribution is 2.20. The smallest absolute Gasteiger partial charge is 0.329 e. The normalized spacial score (nSPS) is 12.0. The molecule has 2 N–H and O–H groups in total. The number of urea groups is 1. The van der Waals surface area contributed by atoms with Gasteiger partial charge in [-0.1, -0.05) is 98.8 Å². The summed E-state index contributed by atoms with van der Waals surface area (Å²) in [7, 11) is 0. The fraction of sp³-hybridized carbons (Fsp3) is 0.400. The van der Waals surface area contributed by atoms with E-state index in [1.807, 2.05) is 106 Å². The number of carbonyl (C=O) groups is 3. The van der Waals surface area contributed by atoms with Crippen LogP contribution in [0.4, 0.5) is 4.79 Å². The lowest BCUT2D eigenvalue weighted by Gasteiger charge is -2.27. The molecule has 230 valence electrons. The molecule has 43 heavy (non-hydrogen) atoms. The van der Waals surface area contributed by atoms with Crippen molar-refractivity contribution in [1.29, 1.82) is 0 Å². The summed E-state index contributed by atoms with van der Waals surface area (Å²) in [5.74, 6) is -0.498. The molecule has 8 nitrogen and oxygen atoms in total. The maximum atomic E-state index is 13.5. The Labute approximate surface area is 255 Å². The molecule has 0 saturated heterocycles. The van der Waals surface area contributed by atoms with Gasteiger partial charge in [-0.3, -0.25) is 9.63 Å². The number of ether oxygens (including phenoxy) is 1. The average Bonchev–Trinajstić information content (AvgIpc) is 2.99. The molecular weight excluding hydrogens is 542 g/mol. The first-order chi connectivity index (χ1) is 20.5. The Hall–Kier alpha value is -4.17. The molecule has 0 unspecified atom stereocenters. The molecule has 3 aromatic rings. The zero-order valence-corrected chi connectivity index (χ0v) is 26.0. The van der Waals surface area contributed by atoms with Crippen molar-refractivity contribution < 1.29 is 24.0 Å². The summed E-state index contributed by atoms with van der Waals surface area (Å²) in [5, 5.41) is 2.90. The van der Waals surface area contributed by atoms with Gasteiger partial charge in [-0.15, -0.1) is 0 Å². The second-order valence-corrected chi connectivity index (χ2v) is 12.0. The van der Waals surface area contributed by atoms with Crippen LogP contribution in [-0.2, 0) is 32.2 Å². The second-order valence-electron chi connectivity index (χ2n) is 12.0. The Balaban J connectivity index is 1.73. The Bertz CT molecular complexity index is 1290. The molecule has 3 rings (SSSR count). The summed E-state index contributed by atoms with van der Waals surface area (Å²) < 4.78 is 5.64. The number of hydrogen-bond donors (Lipinski definition) is 2. The molecule has 0 aromatic heterocycles. The molecule has 0 aliphatic rings. The maximum absolute atomic E-state index is 13.5. The van der Waals surface area contributed by atoms with Gasteiger partial charge >= 0.3 is 12.0 Å². The van der Waals surface area contributed by atoms with Crippen LogP contribution in [0.15, 0.2) is 84.9 Å². The van der Waals surface area contributed by atoms with Gasteiger partial charge < -0.3 is 15.0 Å². The first-order valence-corrected chi connectivity index (χ1v) is 14.9. The number of amides is 3. The van der Waals surface area contributed by atoms with Crippen LogP contribution >= 0.6 is 0 Å². The predicted octanol–water partition coefficient (Wildman–Crippen LogP) is 6.30. The van der Waals surface area contributed by atoms with Gasteiger partial charge in [0.1, 0.15) is 12.6 Å². The van der Waals surface area contributed by atoms with Crippen molar-refractivity contribution in [3.05, 3.63) is 96.1 Å². The monoisotopic (exact) mass is 587 g/mol. The van der Waals surface area contributed by atoms with E-state index in [9.17, 15) is 14.4 Å². The van der Waals surface area contributed by atoms with Gasteiger partial charge in [-0.05, 0) is 55.4 Å². The van der Waals surface area contributed by atoms with E-state index in [4.69, 9.17) is 9.57 Å². The van der Waals surface area contributed by atoms with E-state index < -0.39 is 23.6 Å². The van der Waals surface area contributed by atoms with Crippen molar-refractivity contribution in [2.45, 2.75) is 72.1 Å². The van der Waals surface area contributed by atoms with Crippen molar-refractivity contribution >= 4 is 17.9 Å². The molecule has 0 fully saturated rings. The minimum absolute atomic E-state index is 0.0612. The number of carbonyl (C=O) groups excluding carboxylic acids is 3. The lowest BCUT2D eigenvalue weighted by molar-refractivity contribution is -0.147. The number of benzene rings is 3. The summed E-state index contributed by atoms with van der Waals surface area (Å²) in [6.45, 7) is 10.4. The summed E-state index contributed by atoms with van der Waals surface area (Å²) in [5.41, 5.74) is 5.82. The van der Waals surface area contributed by atoms with Crippen molar-refractivity contribution in [2.75, 3.05) is 13.1 Å². The topological polar surface area (TPSA) is 97.0 Å². The summed E-state index contributed by atoms with van der Waals surface area (Å²) in [6.07, 6.45) is 1.07. The van der Waals surface area contributed by atoms with E-state index in [2.05, 4.69) is 24.6 Å². The van der Waals surface area contributed by atoms with E-state index in [1.54, 1.807) is 4.90 Å². The van der Waals surface area contributed by atoms with Gasteiger partial charge in [0.25, 0.3) is 0 Å². The first-order valence-electron chi connectivity index (χ1n) is 14.9. The van der Waals surface area contributed by atoms with Gasteiger partial charge in [-0.25, -0.2) is 15.1 Å². The van der Waals surface area contributed by atoms with Gasteiger partial charge in [-0.2, -0.15) is 0 Å². The van der Waals surface area contributed by atoms with Gasteiger partial charge in [0.15, 0.2) is 0 Å². The van der Waals surface area contributed by atoms with Crippen LogP contribution in [-0.4, -0.2) is 47.5 Å². The highest BCUT2D eigenvalue weighted by Gasteiger charge is 2.26. The number of rotatable bonds is 14. The molecule has 0 aliphatic heterocycles.